The molecule has 3 rings (SSSR count). The lowest BCUT2D eigenvalue weighted by molar-refractivity contribution is -0.122. The third kappa shape index (κ3) is 3.57. The highest BCUT2D eigenvalue weighted by Gasteiger charge is 2.20. The fraction of sp³-hybridized carbons (Fsp3) is 0.316. The molecule has 2 aromatic rings. The maximum Gasteiger partial charge on any atom is 0.265 e. The monoisotopic (exact) mass is 328 g/mol. The maximum atomic E-state index is 14.6. The van der Waals surface area contributed by atoms with Gasteiger partial charge >= 0.3 is 0 Å². The van der Waals surface area contributed by atoms with E-state index in [-0.39, 0.29) is 17.4 Å². The summed E-state index contributed by atoms with van der Waals surface area (Å²) in [5.74, 6) is -0.0935. The quantitative estimate of drug-likeness (QED) is 0.906. The normalized spacial score (nSPS) is 14.6. The number of carbonyl (C=O) groups is 1. The molecule has 126 valence electrons. The van der Waals surface area contributed by atoms with E-state index in [1.807, 2.05) is 31.2 Å². The van der Waals surface area contributed by atoms with Crippen LogP contribution in [-0.2, 0) is 17.8 Å². The number of ether oxygens (including phenoxy) is 1. The van der Waals surface area contributed by atoms with E-state index in [9.17, 15) is 9.18 Å². The molecule has 2 N–H and O–H groups in total. The number of nitrogens with one attached hydrogen (secondary N) is 2. The number of hydrogen-bond donors (Lipinski definition) is 2. The van der Waals surface area contributed by atoms with E-state index in [4.69, 9.17) is 4.74 Å². The molecule has 5 heteroatoms. The van der Waals surface area contributed by atoms with Crippen molar-refractivity contribution in [2.24, 2.45) is 0 Å². The lowest BCUT2D eigenvalue weighted by Gasteiger charge is -2.20. The van der Waals surface area contributed by atoms with Crippen LogP contribution in [-0.4, -0.2) is 18.6 Å². The number of halogens is 1. The maximum absolute atomic E-state index is 14.6. The van der Waals surface area contributed by atoms with Crippen LogP contribution >= 0.6 is 0 Å². The second-order valence-corrected chi connectivity index (χ2v) is 6.06. The topological polar surface area (TPSA) is 50.4 Å². The summed E-state index contributed by atoms with van der Waals surface area (Å²) in [6, 6.07) is 10.9. The summed E-state index contributed by atoms with van der Waals surface area (Å²) in [6.07, 6.45) is -0.0934. The van der Waals surface area contributed by atoms with Gasteiger partial charge in [0.1, 0.15) is 11.6 Å². The van der Waals surface area contributed by atoms with Crippen molar-refractivity contribution in [2.75, 3.05) is 11.9 Å². The van der Waals surface area contributed by atoms with Gasteiger partial charge in [-0.25, -0.2) is 4.39 Å². The summed E-state index contributed by atoms with van der Waals surface area (Å²) in [5.41, 5.74) is 2.88. The Balaban J connectivity index is 1.70. The highest BCUT2D eigenvalue weighted by atomic mass is 19.1. The first kappa shape index (κ1) is 16.5. The van der Waals surface area contributed by atoms with Crippen LogP contribution in [0.2, 0.25) is 0 Å². The number of benzene rings is 2. The molecule has 0 bridgehead atoms. The van der Waals surface area contributed by atoms with E-state index in [0.29, 0.717) is 24.3 Å². The predicted octanol–water partition coefficient (Wildman–Crippen LogP) is 3.19. The molecular weight excluding hydrogens is 307 g/mol. The summed E-state index contributed by atoms with van der Waals surface area (Å²) in [6.45, 7) is 5.01. The largest absolute Gasteiger partial charge is 0.481 e. The molecule has 0 aromatic heterocycles. The SMILES string of the molecule is Cc1cccc(OC(C)C(=O)Nc2ccc3c(c2F)CCNC3)c1. The zero-order chi connectivity index (χ0) is 17.1. The molecule has 0 saturated carbocycles. The molecule has 0 saturated heterocycles. The van der Waals surface area contributed by atoms with Crippen molar-refractivity contribution < 1.29 is 13.9 Å². The lowest BCUT2D eigenvalue weighted by atomic mass is 9.99. The Kier molecular flexibility index (Phi) is 4.81. The van der Waals surface area contributed by atoms with E-state index in [2.05, 4.69) is 10.6 Å². The van der Waals surface area contributed by atoms with Crippen LogP contribution in [0.5, 0.6) is 5.75 Å². The van der Waals surface area contributed by atoms with Gasteiger partial charge in [0.15, 0.2) is 6.10 Å². The second kappa shape index (κ2) is 7.01. The summed E-state index contributed by atoms with van der Waals surface area (Å²) in [4.78, 5) is 12.3. The van der Waals surface area contributed by atoms with Crippen LogP contribution in [0.25, 0.3) is 0 Å². The number of rotatable bonds is 4. The van der Waals surface area contributed by atoms with Gasteiger partial charge in [-0.15, -0.1) is 0 Å². The molecule has 1 unspecified atom stereocenters. The molecule has 0 radical (unpaired) electrons. The van der Waals surface area contributed by atoms with Crippen LogP contribution in [0, 0.1) is 12.7 Å². The van der Waals surface area contributed by atoms with Crippen LogP contribution in [0.15, 0.2) is 36.4 Å². The molecule has 0 fully saturated rings. The van der Waals surface area contributed by atoms with Crippen molar-refractivity contribution in [3.8, 4) is 5.75 Å². The summed E-state index contributed by atoms with van der Waals surface area (Å²) in [5, 5.41) is 5.84. The average molecular weight is 328 g/mol. The van der Waals surface area contributed by atoms with E-state index >= 15 is 0 Å². The average Bonchev–Trinajstić information content (AvgIpc) is 2.57. The Morgan fingerprint density at radius 3 is 2.96 bits per heavy atom. The van der Waals surface area contributed by atoms with Gasteiger partial charge in [0, 0.05) is 6.54 Å². The standard InChI is InChI=1S/C19H21FN2O2/c1-12-4-3-5-15(10-12)24-13(2)19(23)22-17-7-6-14-11-21-9-8-16(14)18(17)20/h3-7,10,13,21H,8-9,11H2,1-2H3,(H,22,23). The van der Waals surface area contributed by atoms with Crippen LogP contribution < -0.4 is 15.4 Å². The third-order valence-electron chi connectivity index (χ3n) is 4.14. The van der Waals surface area contributed by atoms with Crippen LogP contribution in [0.3, 0.4) is 0 Å². The Morgan fingerprint density at radius 1 is 1.33 bits per heavy atom. The molecule has 0 aliphatic carbocycles. The highest BCUT2D eigenvalue weighted by molar-refractivity contribution is 5.94. The van der Waals surface area contributed by atoms with Gasteiger partial charge in [0.05, 0.1) is 5.69 Å². The molecular formula is C19H21FN2O2. The number of amides is 1. The first-order valence-corrected chi connectivity index (χ1v) is 8.10. The number of aryl methyl sites for hydroxylation is 1. The van der Waals surface area contributed by atoms with Gasteiger partial charge in [-0.05, 0) is 61.7 Å². The molecule has 1 aliphatic rings. The van der Waals surface area contributed by atoms with Crippen molar-refractivity contribution in [1.29, 1.82) is 0 Å². The molecule has 1 atom stereocenters. The zero-order valence-corrected chi connectivity index (χ0v) is 13.9. The highest BCUT2D eigenvalue weighted by Crippen LogP contribution is 2.25. The fourth-order valence-corrected chi connectivity index (χ4v) is 2.81. The van der Waals surface area contributed by atoms with E-state index < -0.39 is 6.10 Å². The summed E-state index contributed by atoms with van der Waals surface area (Å²) >= 11 is 0. The van der Waals surface area contributed by atoms with Crippen molar-refractivity contribution >= 4 is 11.6 Å². The zero-order valence-electron chi connectivity index (χ0n) is 13.9. The first-order valence-electron chi connectivity index (χ1n) is 8.10. The molecule has 1 aliphatic heterocycles. The smallest absolute Gasteiger partial charge is 0.265 e. The van der Waals surface area contributed by atoms with Gasteiger partial charge in [-0.3, -0.25) is 4.79 Å². The first-order chi connectivity index (χ1) is 11.5. The molecule has 1 heterocycles. The number of hydrogen-bond acceptors (Lipinski definition) is 3. The summed E-state index contributed by atoms with van der Waals surface area (Å²) < 4.78 is 20.2. The van der Waals surface area contributed by atoms with Crippen LogP contribution in [0.4, 0.5) is 10.1 Å². The minimum absolute atomic E-state index is 0.209. The fourth-order valence-electron chi connectivity index (χ4n) is 2.81. The third-order valence-corrected chi connectivity index (χ3v) is 4.14. The lowest BCUT2D eigenvalue weighted by Crippen LogP contribution is -2.31. The number of carbonyl (C=O) groups excluding carboxylic acids is 1. The minimum Gasteiger partial charge on any atom is -0.481 e. The van der Waals surface area contributed by atoms with E-state index in [1.165, 1.54) is 0 Å². The Hall–Kier alpha value is -2.40. The predicted molar refractivity (Wildman–Crippen MR) is 91.7 cm³/mol. The van der Waals surface area contributed by atoms with E-state index in [0.717, 1.165) is 17.7 Å². The van der Waals surface area contributed by atoms with Crippen molar-refractivity contribution in [3.63, 3.8) is 0 Å². The number of fused-ring (bicyclic) bond motifs is 1. The molecule has 24 heavy (non-hydrogen) atoms. The Morgan fingerprint density at radius 2 is 2.17 bits per heavy atom. The van der Waals surface area contributed by atoms with Gasteiger partial charge in [-0.1, -0.05) is 18.2 Å². The Labute approximate surface area is 141 Å². The van der Waals surface area contributed by atoms with Gasteiger partial charge < -0.3 is 15.4 Å². The molecule has 0 spiro atoms. The molecule has 4 nitrogen and oxygen atoms in total. The second-order valence-electron chi connectivity index (χ2n) is 6.06. The summed E-state index contributed by atoms with van der Waals surface area (Å²) in [7, 11) is 0. The van der Waals surface area contributed by atoms with Gasteiger partial charge in [0.25, 0.3) is 5.91 Å². The van der Waals surface area contributed by atoms with Crippen LogP contribution in [0.1, 0.15) is 23.6 Å². The Bertz CT molecular complexity index is 761. The number of anilines is 1. The van der Waals surface area contributed by atoms with Crippen molar-refractivity contribution in [3.05, 3.63) is 58.9 Å². The van der Waals surface area contributed by atoms with Gasteiger partial charge in [0.2, 0.25) is 0 Å². The van der Waals surface area contributed by atoms with Gasteiger partial charge in [-0.2, -0.15) is 0 Å². The van der Waals surface area contributed by atoms with Crippen molar-refractivity contribution in [2.45, 2.75) is 32.9 Å². The molecule has 1 amide bonds. The molecule has 2 aromatic carbocycles. The minimum atomic E-state index is -0.719. The van der Waals surface area contributed by atoms with Crippen molar-refractivity contribution in [1.82, 2.24) is 5.32 Å². The van der Waals surface area contributed by atoms with E-state index in [1.54, 1.807) is 19.1 Å².